The van der Waals surface area contributed by atoms with Crippen LogP contribution in [0.15, 0.2) is 30.7 Å². The first kappa shape index (κ1) is 5.29. The second-order valence-electron chi connectivity index (χ2n) is 2.02. The zero-order chi connectivity index (χ0) is 6.81. The Morgan fingerprint density at radius 2 is 2.30 bits per heavy atom. The van der Waals surface area contributed by atoms with Gasteiger partial charge in [0.05, 0.1) is 6.20 Å². The summed E-state index contributed by atoms with van der Waals surface area (Å²) in [6.45, 7) is 0. The van der Waals surface area contributed by atoms with Crippen molar-refractivity contribution in [3.05, 3.63) is 30.7 Å². The monoisotopic (exact) mass is 132 g/mol. The molecule has 0 aromatic carbocycles. The second-order valence-corrected chi connectivity index (χ2v) is 2.02. The summed E-state index contributed by atoms with van der Waals surface area (Å²) in [5.74, 6) is 0. The number of hydrogen-bond acceptors (Lipinski definition) is 2. The summed E-state index contributed by atoms with van der Waals surface area (Å²) in [5.41, 5.74) is 0.894. The number of H-pyrrole nitrogens is 1. The maximum Gasteiger partial charge on any atom is 0.195 e. The fraction of sp³-hybridized carbons (Fsp3) is 0. The minimum absolute atomic E-state index is 0.894. The summed E-state index contributed by atoms with van der Waals surface area (Å²) in [5, 5.41) is 8.75. The maximum atomic E-state index is 3.90. The number of aromatic nitrogens is 3. The Balaban J connectivity index is 2.89. The molecule has 0 amide bonds. The third-order valence-corrected chi connectivity index (χ3v) is 1.36. The van der Waals surface area contributed by atoms with Gasteiger partial charge in [-0.3, -0.25) is 0 Å². The Morgan fingerprint density at radius 1 is 1.30 bits per heavy atom. The van der Waals surface area contributed by atoms with Gasteiger partial charge in [-0.2, -0.15) is 5.10 Å². The summed E-state index contributed by atoms with van der Waals surface area (Å²) >= 11 is 0. The molecule has 48 valence electrons. The van der Waals surface area contributed by atoms with Crippen molar-refractivity contribution in [3.63, 3.8) is 0 Å². The zero-order valence-electron chi connectivity index (χ0n) is 5.28. The van der Waals surface area contributed by atoms with Crippen LogP contribution in [0.5, 0.6) is 0 Å². The van der Waals surface area contributed by atoms with Crippen LogP contribution in [0.4, 0.5) is 0 Å². The molecule has 0 saturated carbocycles. The second kappa shape index (κ2) is 2.02. The highest BCUT2D eigenvalue weighted by atomic mass is 15.1. The van der Waals surface area contributed by atoms with Gasteiger partial charge in [-0.25, -0.2) is 4.98 Å². The van der Waals surface area contributed by atoms with Crippen LogP contribution in [0.25, 0.3) is 10.9 Å². The number of pyridine rings is 1. The first-order valence-electron chi connectivity index (χ1n) is 3.04. The zero-order valence-corrected chi connectivity index (χ0v) is 5.28. The predicted octanol–water partition coefficient (Wildman–Crippen LogP) is 0.444. The quantitative estimate of drug-likeness (QED) is 0.522. The normalized spacial score (nSPS) is 10.0. The molecule has 2 aromatic rings. The first-order chi connectivity index (χ1) is 4.97. The fourth-order valence-corrected chi connectivity index (χ4v) is 0.870. The standard InChI is InChI=1S/C7H5N3/c1-3-8-5-7-6(1)2-4-9-10-7/h1-5H/p+1. The smallest absolute Gasteiger partial charge is 0.195 e. The lowest BCUT2D eigenvalue weighted by molar-refractivity contribution is -0.376. The number of aromatic amines is 1. The van der Waals surface area contributed by atoms with E-state index in [-0.39, 0.29) is 0 Å². The molecule has 0 spiro atoms. The summed E-state index contributed by atoms with van der Waals surface area (Å²) in [6.07, 6.45) is 5.37. The first-order valence-corrected chi connectivity index (χ1v) is 3.04. The molecule has 0 bridgehead atoms. The van der Waals surface area contributed by atoms with Gasteiger partial charge >= 0.3 is 0 Å². The van der Waals surface area contributed by atoms with Crippen LogP contribution in [-0.4, -0.2) is 10.2 Å². The Labute approximate surface area is 57.7 Å². The van der Waals surface area contributed by atoms with Gasteiger partial charge in [-0.15, -0.1) is 5.10 Å². The van der Waals surface area contributed by atoms with Crippen molar-refractivity contribution < 1.29 is 4.98 Å². The minimum atomic E-state index is 0.894. The van der Waals surface area contributed by atoms with Crippen molar-refractivity contribution in [3.8, 4) is 0 Å². The lowest BCUT2D eigenvalue weighted by Crippen LogP contribution is -1.98. The van der Waals surface area contributed by atoms with Crippen LogP contribution in [0, 0.1) is 0 Å². The van der Waals surface area contributed by atoms with Gasteiger partial charge in [0.25, 0.3) is 0 Å². The Morgan fingerprint density at radius 3 is 3.20 bits per heavy atom. The van der Waals surface area contributed by atoms with Crippen LogP contribution in [0.1, 0.15) is 0 Å². The van der Waals surface area contributed by atoms with Crippen LogP contribution < -0.4 is 4.98 Å². The van der Waals surface area contributed by atoms with E-state index in [9.17, 15) is 0 Å². The van der Waals surface area contributed by atoms with Crippen molar-refractivity contribution in [2.75, 3.05) is 0 Å². The molecule has 0 radical (unpaired) electrons. The molecule has 2 heterocycles. The number of rotatable bonds is 0. The number of nitrogens with zero attached hydrogens (tertiary/aromatic N) is 2. The topological polar surface area (TPSA) is 39.9 Å². The van der Waals surface area contributed by atoms with Gasteiger partial charge < -0.3 is 0 Å². The summed E-state index contributed by atoms with van der Waals surface area (Å²) < 4.78 is 0. The van der Waals surface area contributed by atoms with Crippen molar-refractivity contribution in [1.29, 1.82) is 0 Å². The van der Waals surface area contributed by atoms with E-state index in [4.69, 9.17) is 0 Å². The molecule has 3 nitrogen and oxygen atoms in total. The summed E-state index contributed by atoms with van der Waals surface area (Å²) in [6, 6.07) is 3.89. The molecular formula is C7H6N3+. The molecule has 2 aromatic heterocycles. The Bertz CT molecular complexity index is 280. The van der Waals surface area contributed by atoms with Crippen molar-refractivity contribution in [1.82, 2.24) is 10.2 Å². The SMILES string of the molecule is c1cc2cc[nH+]cc2nn1. The molecule has 1 N–H and O–H groups in total. The maximum absolute atomic E-state index is 3.90. The highest BCUT2D eigenvalue weighted by Gasteiger charge is 1.93. The molecule has 0 aliphatic heterocycles. The van der Waals surface area contributed by atoms with Gasteiger partial charge in [0.1, 0.15) is 0 Å². The highest BCUT2D eigenvalue weighted by molar-refractivity contribution is 5.75. The minimum Gasteiger partial charge on any atom is -0.216 e. The molecule has 0 saturated heterocycles. The average molecular weight is 132 g/mol. The van der Waals surface area contributed by atoms with Gasteiger partial charge in [-0.1, -0.05) is 0 Å². The summed E-state index contributed by atoms with van der Waals surface area (Å²) in [7, 11) is 0. The van der Waals surface area contributed by atoms with Crippen molar-refractivity contribution >= 4 is 10.9 Å². The van der Waals surface area contributed by atoms with Crippen molar-refractivity contribution in [2.24, 2.45) is 0 Å². The summed E-state index contributed by atoms with van der Waals surface area (Å²) in [4.78, 5) is 2.93. The lowest BCUT2D eigenvalue weighted by atomic mass is 10.3. The van der Waals surface area contributed by atoms with Gasteiger partial charge in [0.2, 0.25) is 0 Å². The Kier molecular flexibility index (Phi) is 1.07. The van der Waals surface area contributed by atoms with Gasteiger partial charge in [0, 0.05) is 11.5 Å². The largest absolute Gasteiger partial charge is 0.216 e. The van der Waals surface area contributed by atoms with E-state index < -0.39 is 0 Å². The average Bonchev–Trinajstić information content (AvgIpc) is 2.05. The van der Waals surface area contributed by atoms with E-state index in [1.54, 1.807) is 6.20 Å². The van der Waals surface area contributed by atoms with E-state index in [1.807, 2.05) is 24.5 Å². The number of fused-ring (bicyclic) bond motifs is 1. The third kappa shape index (κ3) is 0.719. The lowest BCUT2D eigenvalue weighted by Gasteiger charge is -1.86. The van der Waals surface area contributed by atoms with E-state index in [2.05, 4.69) is 15.2 Å². The predicted molar refractivity (Wildman–Crippen MR) is 36.1 cm³/mol. The molecule has 0 fully saturated rings. The van der Waals surface area contributed by atoms with E-state index in [0.717, 1.165) is 10.9 Å². The molecule has 0 atom stereocenters. The molecule has 3 heteroatoms. The molecule has 0 unspecified atom stereocenters. The molecule has 0 aliphatic rings. The molecule has 0 aliphatic carbocycles. The van der Waals surface area contributed by atoms with Gasteiger partial charge in [0.15, 0.2) is 17.9 Å². The molecule has 2 rings (SSSR count). The van der Waals surface area contributed by atoms with Crippen LogP contribution >= 0.6 is 0 Å². The van der Waals surface area contributed by atoms with Crippen molar-refractivity contribution in [2.45, 2.75) is 0 Å². The van der Waals surface area contributed by atoms with Crippen LogP contribution in [-0.2, 0) is 0 Å². The fourth-order valence-electron chi connectivity index (χ4n) is 0.870. The number of nitrogens with one attached hydrogen (secondary N) is 1. The third-order valence-electron chi connectivity index (χ3n) is 1.36. The van der Waals surface area contributed by atoms with E-state index in [1.165, 1.54) is 0 Å². The van der Waals surface area contributed by atoms with Crippen LogP contribution in [0.3, 0.4) is 0 Å². The number of hydrogen-bond donors (Lipinski definition) is 0. The molecule has 10 heavy (non-hydrogen) atoms. The van der Waals surface area contributed by atoms with Gasteiger partial charge in [-0.05, 0) is 6.07 Å². The van der Waals surface area contributed by atoms with E-state index in [0.29, 0.717) is 0 Å². The Hall–Kier alpha value is -1.51. The van der Waals surface area contributed by atoms with Crippen LogP contribution in [0.2, 0.25) is 0 Å². The van der Waals surface area contributed by atoms with E-state index >= 15 is 0 Å². The molecular weight excluding hydrogens is 126 g/mol. The highest BCUT2D eigenvalue weighted by Crippen LogP contribution is 2.02.